The smallest absolute Gasteiger partial charge is 0.410 e. The largest absolute Gasteiger partial charge is 0.480 e. The second kappa shape index (κ2) is 8.18. The third kappa shape index (κ3) is 3.63. The lowest BCUT2D eigenvalue weighted by molar-refractivity contribution is -0.141. The summed E-state index contributed by atoms with van der Waals surface area (Å²) in [7, 11) is 0. The highest BCUT2D eigenvalue weighted by molar-refractivity contribution is 5.89. The van der Waals surface area contributed by atoms with Gasteiger partial charge < -0.3 is 15.2 Å². The number of carboxylic acid groups (broad SMARTS) is 1. The molecular formula is C23H24N2O5. The van der Waals surface area contributed by atoms with Crippen LogP contribution in [0.2, 0.25) is 0 Å². The van der Waals surface area contributed by atoms with Gasteiger partial charge in [0.2, 0.25) is 5.91 Å². The summed E-state index contributed by atoms with van der Waals surface area (Å²) in [5.74, 6) is -1.63. The van der Waals surface area contributed by atoms with E-state index in [0.717, 1.165) is 22.3 Å². The molecule has 1 heterocycles. The summed E-state index contributed by atoms with van der Waals surface area (Å²) in [5.41, 5.74) is 4.54. The molecular weight excluding hydrogens is 384 g/mol. The zero-order valence-corrected chi connectivity index (χ0v) is 16.7. The number of hydrogen-bond acceptors (Lipinski definition) is 4. The van der Waals surface area contributed by atoms with Gasteiger partial charge in [-0.25, -0.2) is 4.79 Å². The molecule has 0 radical (unpaired) electrons. The Balaban J connectivity index is 1.45. The van der Waals surface area contributed by atoms with Crippen molar-refractivity contribution in [3.63, 3.8) is 0 Å². The van der Waals surface area contributed by atoms with Crippen LogP contribution in [-0.4, -0.2) is 53.2 Å². The minimum Gasteiger partial charge on any atom is -0.480 e. The number of aliphatic carboxylic acids is 1. The van der Waals surface area contributed by atoms with E-state index in [2.05, 4.69) is 17.4 Å². The Labute approximate surface area is 174 Å². The van der Waals surface area contributed by atoms with Crippen LogP contribution in [0.4, 0.5) is 4.79 Å². The molecule has 0 bridgehead atoms. The molecule has 4 rings (SSSR count). The summed E-state index contributed by atoms with van der Waals surface area (Å²) in [6.07, 6.45) is 0.615. The number of carbonyl (C=O) groups excluding carboxylic acids is 2. The number of nitrogens with one attached hydrogen (secondary N) is 1. The SMILES string of the molecule is C[C@@H](NC(=O)[C@@H]1CCCN1C(=O)OCC1c2ccccc2-c2ccccc21)C(=O)O. The zero-order valence-electron chi connectivity index (χ0n) is 16.7. The van der Waals surface area contributed by atoms with Crippen LogP contribution in [0.25, 0.3) is 11.1 Å². The summed E-state index contributed by atoms with van der Waals surface area (Å²) in [6, 6.07) is 14.5. The number of nitrogens with zero attached hydrogens (tertiary/aromatic N) is 1. The second-order valence-electron chi connectivity index (χ2n) is 7.72. The minimum absolute atomic E-state index is 0.0525. The summed E-state index contributed by atoms with van der Waals surface area (Å²) in [4.78, 5) is 37.6. The number of rotatable bonds is 5. The standard InChI is InChI=1S/C23H24N2O5/c1-14(22(27)28)24-21(26)20-11-6-12-25(20)23(29)30-13-19-17-9-4-2-7-15(17)16-8-3-5-10-18(16)19/h2-5,7-10,14,19-20H,6,11-13H2,1H3,(H,24,26)(H,27,28)/t14-,20+/m1/s1. The van der Waals surface area contributed by atoms with Crippen molar-refractivity contribution < 1.29 is 24.2 Å². The van der Waals surface area contributed by atoms with Crippen molar-refractivity contribution in [1.29, 1.82) is 0 Å². The fourth-order valence-corrected chi connectivity index (χ4v) is 4.31. The van der Waals surface area contributed by atoms with Crippen molar-refractivity contribution in [1.82, 2.24) is 10.2 Å². The van der Waals surface area contributed by atoms with Crippen LogP contribution >= 0.6 is 0 Å². The predicted octanol–water partition coefficient (Wildman–Crippen LogP) is 2.99. The van der Waals surface area contributed by atoms with E-state index in [1.807, 2.05) is 36.4 Å². The van der Waals surface area contributed by atoms with Gasteiger partial charge in [-0.3, -0.25) is 14.5 Å². The maximum atomic E-state index is 12.8. The Hall–Kier alpha value is -3.35. The van der Waals surface area contributed by atoms with Crippen LogP contribution in [0.15, 0.2) is 48.5 Å². The van der Waals surface area contributed by atoms with E-state index in [0.29, 0.717) is 19.4 Å². The molecule has 0 spiro atoms. The highest BCUT2D eigenvalue weighted by atomic mass is 16.6. The first kappa shape index (κ1) is 19.9. The topological polar surface area (TPSA) is 95.9 Å². The molecule has 0 aromatic heterocycles. The Morgan fingerprint density at radius 2 is 1.70 bits per heavy atom. The first-order valence-corrected chi connectivity index (χ1v) is 10.1. The number of benzene rings is 2. The lowest BCUT2D eigenvalue weighted by Crippen LogP contribution is -2.50. The summed E-state index contributed by atoms with van der Waals surface area (Å²) in [5, 5.41) is 11.4. The molecule has 2 amide bonds. The van der Waals surface area contributed by atoms with Gasteiger partial charge in [-0.1, -0.05) is 48.5 Å². The number of likely N-dealkylation sites (tertiary alicyclic amines) is 1. The van der Waals surface area contributed by atoms with E-state index in [1.54, 1.807) is 0 Å². The molecule has 1 aliphatic carbocycles. The lowest BCUT2D eigenvalue weighted by Gasteiger charge is -2.25. The Morgan fingerprint density at radius 3 is 2.30 bits per heavy atom. The van der Waals surface area contributed by atoms with Crippen LogP contribution in [0.5, 0.6) is 0 Å². The van der Waals surface area contributed by atoms with Gasteiger partial charge in [0.25, 0.3) is 0 Å². The monoisotopic (exact) mass is 408 g/mol. The van der Waals surface area contributed by atoms with Gasteiger partial charge in [0.1, 0.15) is 18.7 Å². The van der Waals surface area contributed by atoms with E-state index in [-0.39, 0.29) is 12.5 Å². The molecule has 1 fully saturated rings. The van der Waals surface area contributed by atoms with E-state index < -0.39 is 30.1 Å². The normalized spacial score (nSPS) is 18.4. The molecule has 7 heteroatoms. The Morgan fingerprint density at radius 1 is 1.10 bits per heavy atom. The van der Waals surface area contributed by atoms with Gasteiger partial charge in [-0.05, 0) is 42.0 Å². The predicted molar refractivity (Wildman–Crippen MR) is 110 cm³/mol. The molecule has 30 heavy (non-hydrogen) atoms. The molecule has 2 atom stereocenters. The maximum absolute atomic E-state index is 12.8. The van der Waals surface area contributed by atoms with Crippen molar-refractivity contribution in [3.05, 3.63) is 59.7 Å². The van der Waals surface area contributed by atoms with Crippen LogP contribution in [0.3, 0.4) is 0 Å². The summed E-state index contributed by atoms with van der Waals surface area (Å²) >= 11 is 0. The van der Waals surface area contributed by atoms with Gasteiger partial charge in [0.05, 0.1) is 0 Å². The maximum Gasteiger partial charge on any atom is 0.410 e. The number of ether oxygens (including phenoxy) is 1. The van der Waals surface area contributed by atoms with Crippen molar-refractivity contribution >= 4 is 18.0 Å². The first-order valence-electron chi connectivity index (χ1n) is 10.1. The van der Waals surface area contributed by atoms with Crippen LogP contribution in [0, 0.1) is 0 Å². The van der Waals surface area contributed by atoms with Gasteiger partial charge in [0.15, 0.2) is 0 Å². The van der Waals surface area contributed by atoms with Gasteiger partial charge in [0, 0.05) is 12.5 Å². The van der Waals surface area contributed by atoms with E-state index in [1.165, 1.54) is 11.8 Å². The molecule has 2 aromatic rings. The molecule has 2 aromatic carbocycles. The van der Waals surface area contributed by atoms with E-state index >= 15 is 0 Å². The van der Waals surface area contributed by atoms with Crippen LogP contribution in [0.1, 0.15) is 36.8 Å². The average molecular weight is 408 g/mol. The van der Waals surface area contributed by atoms with Crippen molar-refractivity contribution in [3.8, 4) is 11.1 Å². The summed E-state index contributed by atoms with van der Waals surface area (Å²) in [6.45, 7) is 1.99. The average Bonchev–Trinajstić information content (AvgIpc) is 3.35. The molecule has 156 valence electrons. The third-order valence-electron chi connectivity index (χ3n) is 5.86. The quantitative estimate of drug-likeness (QED) is 0.793. The van der Waals surface area contributed by atoms with E-state index in [4.69, 9.17) is 9.84 Å². The van der Waals surface area contributed by atoms with Crippen molar-refractivity contribution in [2.75, 3.05) is 13.2 Å². The Bertz CT molecular complexity index is 944. The number of carboxylic acids is 1. The fraction of sp³-hybridized carbons (Fsp3) is 0.348. The molecule has 1 aliphatic heterocycles. The van der Waals surface area contributed by atoms with Gasteiger partial charge in [-0.2, -0.15) is 0 Å². The molecule has 2 N–H and O–H groups in total. The lowest BCUT2D eigenvalue weighted by atomic mass is 9.98. The van der Waals surface area contributed by atoms with Crippen molar-refractivity contribution in [2.45, 2.75) is 37.8 Å². The first-order chi connectivity index (χ1) is 14.5. The highest BCUT2D eigenvalue weighted by Crippen LogP contribution is 2.44. The number of carbonyl (C=O) groups is 3. The second-order valence-corrected chi connectivity index (χ2v) is 7.72. The number of amides is 2. The number of fused-ring (bicyclic) bond motifs is 3. The zero-order chi connectivity index (χ0) is 21.3. The van der Waals surface area contributed by atoms with Gasteiger partial charge in [-0.15, -0.1) is 0 Å². The van der Waals surface area contributed by atoms with Crippen LogP contribution in [-0.2, 0) is 14.3 Å². The van der Waals surface area contributed by atoms with Crippen molar-refractivity contribution in [2.24, 2.45) is 0 Å². The molecule has 7 nitrogen and oxygen atoms in total. The third-order valence-corrected chi connectivity index (χ3v) is 5.86. The molecule has 0 unspecified atom stereocenters. The minimum atomic E-state index is -1.12. The molecule has 0 saturated carbocycles. The number of hydrogen-bond donors (Lipinski definition) is 2. The molecule has 1 saturated heterocycles. The van der Waals surface area contributed by atoms with E-state index in [9.17, 15) is 14.4 Å². The van der Waals surface area contributed by atoms with Gasteiger partial charge >= 0.3 is 12.1 Å². The highest BCUT2D eigenvalue weighted by Gasteiger charge is 2.37. The van der Waals surface area contributed by atoms with Crippen LogP contribution < -0.4 is 5.32 Å². The fourth-order valence-electron chi connectivity index (χ4n) is 4.31. The Kier molecular flexibility index (Phi) is 5.44. The molecule has 2 aliphatic rings. The summed E-state index contributed by atoms with van der Waals surface area (Å²) < 4.78 is 5.65.